The Morgan fingerprint density at radius 3 is 2.53 bits per heavy atom. The summed E-state index contributed by atoms with van der Waals surface area (Å²) >= 11 is 0. The van der Waals surface area contributed by atoms with Crippen molar-refractivity contribution in [2.24, 2.45) is 5.92 Å². The predicted molar refractivity (Wildman–Crippen MR) is 56.4 cm³/mol. The van der Waals surface area contributed by atoms with Crippen LogP contribution < -0.4 is 5.32 Å². The Morgan fingerprint density at radius 1 is 1.47 bits per heavy atom. The first-order valence-electron chi connectivity index (χ1n) is 5.33. The third kappa shape index (κ3) is 3.73. The van der Waals surface area contributed by atoms with Crippen LogP contribution in [0, 0.1) is 5.92 Å². The van der Waals surface area contributed by atoms with E-state index in [1.807, 2.05) is 6.92 Å². The number of nitrogens with one attached hydrogen (secondary N) is 1. The first kappa shape index (κ1) is 11.8. The molecule has 0 aromatic heterocycles. The minimum atomic E-state index is -0.888. The number of rotatable bonds is 3. The molecule has 0 heterocycles. The van der Waals surface area contributed by atoms with Crippen molar-refractivity contribution in [1.29, 1.82) is 0 Å². The van der Waals surface area contributed by atoms with E-state index in [4.69, 9.17) is 5.11 Å². The van der Waals surface area contributed by atoms with Crippen molar-refractivity contribution < 1.29 is 14.7 Å². The third-order valence-corrected chi connectivity index (χ3v) is 2.68. The van der Waals surface area contributed by atoms with Crippen LogP contribution in [0.1, 0.15) is 32.6 Å². The average molecular weight is 211 g/mol. The maximum Gasteiger partial charge on any atom is 0.328 e. The first-order valence-corrected chi connectivity index (χ1v) is 5.33. The van der Waals surface area contributed by atoms with Gasteiger partial charge in [-0.15, -0.1) is 0 Å². The van der Waals surface area contributed by atoms with Crippen molar-refractivity contribution in [3.05, 3.63) is 11.6 Å². The van der Waals surface area contributed by atoms with Gasteiger partial charge >= 0.3 is 5.97 Å². The van der Waals surface area contributed by atoms with Crippen LogP contribution in [0.3, 0.4) is 0 Å². The summed E-state index contributed by atoms with van der Waals surface area (Å²) in [5.74, 6) is -0.718. The third-order valence-electron chi connectivity index (χ3n) is 2.68. The van der Waals surface area contributed by atoms with Gasteiger partial charge in [-0.1, -0.05) is 5.57 Å². The molecular formula is C11H17NO3. The highest BCUT2D eigenvalue weighted by molar-refractivity contribution is 5.81. The maximum atomic E-state index is 11.5. The highest BCUT2D eigenvalue weighted by atomic mass is 16.4. The van der Waals surface area contributed by atoms with Gasteiger partial charge in [-0.2, -0.15) is 0 Å². The Hall–Kier alpha value is -1.32. The normalized spacial score (nSPS) is 20.9. The summed E-state index contributed by atoms with van der Waals surface area (Å²) in [5.41, 5.74) is 0.947. The molecule has 1 aliphatic carbocycles. The lowest BCUT2D eigenvalue weighted by atomic mass is 9.85. The Kier molecular flexibility index (Phi) is 4.34. The molecule has 0 spiro atoms. The molecule has 84 valence electrons. The predicted octanol–water partition coefficient (Wildman–Crippen LogP) is 1.32. The lowest BCUT2D eigenvalue weighted by molar-refractivity contribution is -0.131. The topological polar surface area (TPSA) is 66.4 Å². The largest absolute Gasteiger partial charge is 0.478 e. The van der Waals surface area contributed by atoms with Crippen molar-refractivity contribution in [3.63, 3.8) is 0 Å². The van der Waals surface area contributed by atoms with Crippen LogP contribution in [0.15, 0.2) is 11.6 Å². The smallest absolute Gasteiger partial charge is 0.328 e. The standard InChI is InChI=1S/C11H17NO3/c1-2-12-11(15)9-5-3-8(4-6-9)7-10(13)14/h7,9H,2-6H2,1H3,(H,12,15)(H,13,14). The number of hydrogen-bond acceptors (Lipinski definition) is 2. The first-order chi connectivity index (χ1) is 7.13. The lowest BCUT2D eigenvalue weighted by Crippen LogP contribution is -2.31. The zero-order valence-electron chi connectivity index (χ0n) is 8.95. The molecule has 1 fully saturated rings. The number of carbonyl (C=O) groups is 2. The molecule has 0 saturated heterocycles. The molecule has 0 unspecified atom stereocenters. The minimum absolute atomic E-state index is 0.0656. The van der Waals surface area contributed by atoms with E-state index in [1.54, 1.807) is 0 Å². The van der Waals surface area contributed by atoms with E-state index in [0.29, 0.717) is 6.54 Å². The van der Waals surface area contributed by atoms with Crippen molar-refractivity contribution in [2.45, 2.75) is 32.6 Å². The quantitative estimate of drug-likeness (QED) is 0.692. The number of hydrogen-bond donors (Lipinski definition) is 2. The second kappa shape index (κ2) is 5.53. The van der Waals surface area contributed by atoms with Crippen LogP contribution in [0.2, 0.25) is 0 Å². The summed E-state index contributed by atoms with van der Waals surface area (Å²) in [6, 6.07) is 0. The molecule has 1 rings (SSSR count). The molecule has 1 saturated carbocycles. The highest BCUT2D eigenvalue weighted by Crippen LogP contribution is 2.28. The van der Waals surface area contributed by atoms with E-state index in [0.717, 1.165) is 31.3 Å². The Balaban J connectivity index is 2.42. The van der Waals surface area contributed by atoms with Gasteiger partial charge in [0.1, 0.15) is 0 Å². The van der Waals surface area contributed by atoms with Gasteiger partial charge in [-0.25, -0.2) is 4.79 Å². The van der Waals surface area contributed by atoms with Crippen LogP contribution >= 0.6 is 0 Å². The average Bonchev–Trinajstić information content (AvgIpc) is 2.18. The van der Waals surface area contributed by atoms with Crippen LogP contribution in [0.4, 0.5) is 0 Å². The SMILES string of the molecule is CCNC(=O)C1CCC(=CC(=O)O)CC1. The molecule has 2 N–H and O–H groups in total. The minimum Gasteiger partial charge on any atom is -0.478 e. The summed E-state index contributed by atoms with van der Waals surface area (Å²) in [5, 5.41) is 11.4. The van der Waals surface area contributed by atoms with E-state index in [-0.39, 0.29) is 11.8 Å². The molecular weight excluding hydrogens is 194 g/mol. The number of allylic oxidation sites excluding steroid dienone is 1. The summed E-state index contributed by atoms with van der Waals surface area (Å²) in [6.07, 6.45) is 4.27. The van der Waals surface area contributed by atoms with Gasteiger partial charge < -0.3 is 10.4 Å². The molecule has 0 aromatic carbocycles. The van der Waals surface area contributed by atoms with Gasteiger partial charge in [-0.05, 0) is 32.6 Å². The van der Waals surface area contributed by atoms with Crippen molar-refractivity contribution in [1.82, 2.24) is 5.32 Å². The van der Waals surface area contributed by atoms with Gasteiger partial charge in [0.2, 0.25) is 5.91 Å². The fraction of sp³-hybridized carbons (Fsp3) is 0.636. The Labute approximate surface area is 89.4 Å². The second-order valence-electron chi connectivity index (χ2n) is 3.81. The number of carboxylic acids is 1. The second-order valence-corrected chi connectivity index (χ2v) is 3.81. The van der Waals surface area contributed by atoms with Gasteiger partial charge in [0.25, 0.3) is 0 Å². The number of carbonyl (C=O) groups excluding carboxylic acids is 1. The molecule has 0 aliphatic heterocycles. The van der Waals surface area contributed by atoms with Crippen molar-refractivity contribution in [3.8, 4) is 0 Å². The summed E-state index contributed by atoms with van der Waals surface area (Å²) in [7, 11) is 0. The van der Waals surface area contributed by atoms with Crippen LogP contribution in [0.5, 0.6) is 0 Å². The zero-order valence-corrected chi connectivity index (χ0v) is 8.95. The highest BCUT2D eigenvalue weighted by Gasteiger charge is 2.22. The molecule has 4 nitrogen and oxygen atoms in total. The summed E-state index contributed by atoms with van der Waals surface area (Å²) in [4.78, 5) is 21.9. The van der Waals surface area contributed by atoms with Crippen LogP contribution in [0.25, 0.3) is 0 Å². The number of amides is 1. The van der Waals surface area contributed by atoms with Crippen LogP contribution in [-0.4, -0.2) is 23.5 Å². The van der Waals surface area contributed by atoms with Gasteiger partial charge in [-0.3, -0.25) is 4.79 Å². The molecule has 0 atom stereocenters. The van der Waals surface area contributed by atoms with E-state index >= 15 is 0 Å². The monoisotopic (exact) mass is 211 g/mol. The number of carboxylic acid groups (broad SMARTS) is 1. The maximum absolute atomic E-state index is 11.5. The number of aliphatic carboxylic acids is 1. The Bertz CT molecular complexity index is 274. The molecule has 1 aliphatic rings. The molecule has 15 heavy (non-hydrogen) atoms. The van der Waals surface area contributed by atoms with Crippen molar-refractivity contribution in [2.75, 3.05) is 6.54 Å². The molecule has 0 radical (unpaired) electrons. The van der Waals surface area contributed by atoms with E-state index in [9.17, 15) is 9.59 Å². The molecule has 4 heteroatoms. The lowest BCUT2D eigenvalue weighted by Gasteiger charge is -2.22. The van der Waals surface area contributed by atoms with E-state index in [2.05, 4.69) is 5.32 Å². The van der Waals surface area contributed by atoms with Gasteiger partial charge in [0, 0.05) is 18.5 Å². The van der Waals surface area contributed by atoms with Crippen molar-refractivity contribution >= 4 is 11.9 Å². The van der Waals surface area contributed by atoms with Gasteiger partial charge in [0.15, 0.2) is 0 Å². The fourth-order valence-electron chi connectivity index (χ4n) is 1.89. The zero-order chi connectivity index (χ0) is 11.3. The van der Waals surface area contributed by atoms with E-state index in [1.165, 1.54) is 6.08 Å². The molecule has 0 aromatic rings. The van der Waals surface area contributed by atoms with Gasteiger partial charge in [0.05, 0.1) is 0 Å². The summed E-state index contributed by atoms with van der Waals surface area (Å²) in [6.45, 7) is 2.56. The molecule has 0 bridgehead atoms. The van der Waals surface area contributed by atoms with E-state index < -0.39 is 5.97 Å². The fourth-order valence-corrected chi connectivity index (χ4v) is 1.89. The van der Waals surface area contributed by atoms with Crippen LogP contribution in [-0.2, 0) is 9.59 Å². The summed E-state index contributed by atoms with van der Waals surface area (Å²) < 4.78 is 0. The molecule has 1 amide bonds. The Morgan fingerprint density at radius 2 is 2.07 bits per heavy atom.